The number of sulfone groups is 1. The SMILES string of the molecule is CC1(NC(=O)CSc2nnc(-c3ccccc3Cl)n2Cc2ccccc2)CCS(=O)(=O)C1. The molecular weight excluding hydrogens is 468 g/mol. The van der Waals surface area contributed by atoms with Crippen LogP contribution in [0.3, 0.4) is 0 Å². The van der Waals surface area contributed by atoms with Crippen LogP contribution >= 0.6 is 23.4 Å². The van der Waals surface area contributed by atoms with E-state index in [2.05, 4.69) is 15.5 Å². The summed E-state index contributed by atoms with van der Waals surface area (Å²) >= 11 is 7.67. The van der Waals surface area contributed by atoms with Crippen molar-refractivity contribution in [2.75, 3.05) is 17.3 Å². The predicted molar refractivity (Wildman–Crippen MR) is 127 cm³/mol. The van der Waals surface area contributed by atoms with E-state index >= 15 is 0 Å². The van der Waals surface area contributed by atoms with Crippen molar-refractivity contribution in [2.24, 2.45) is 0 Å². The summed E-state index contributed by atoms with van der Waals surface area (Å²) in [6.45, 7) is 2.29. The quantitative estimate of drug-likeness (QED) is 0.510. The number of rotatable bonds is 7. The van der Waals surface area contributed by atoms with Gasteiger partial charge in [-0.25, -0.2) is 8.42 Å². The number of hydrogen-bond donors (Lipinski definition) is 1. The summed E-state index contributed by atoms with van der Waals surface area (Å²) in [7, 11) is -3.10. The van der Waals surface area contributed by atoms with E-state index < -0.39 is 15.4 Å². The van der Waals surface area contributed by atoms with Crippen LogP contribution < -0.4 is 5.32 Å². The lowest BCUT2D eigenvalue weighted by Gasteiger charge is -2.23. The van der Waals surface area contributed by atoms with Gasteiger partial charge in [0.25, 0.3) is 0 Å². The first-order valence-corrected chi connectivity index (χ1v) is 13.3. The summed E-state index contributed by atoms with van der Waals surface area (Å²) in [5.74, 6) is 0.561. The minimum Gasteiger partial charge on any atom is -0.349 e. The third-order valence-electron chi connectivity index (χ3n) is 5.29. The summed E-state index contributed by atoms with van der Waals surface area (Å²) in [5.41, 5.74) is 1.10. The molecule has 0 spiro atoms. The van der Waals surface area contributed by atoms with Crippen molar-refractivity contribution in [3.05, 3.63) is 65.2 Å². The van der Waals surface area contributed by atoms with Crippen molar-refractivity contribution in [2.45, 2.75) is 30.6 Å². The average molecular weight is 491 g/mol. The number of aromatic nitrogens is 3. The largest absolute Gasteiger partial charge is 0.349 e. The van der Waals surface area contributed by atoms with Gasteiger partial charge < -0.3 is 5.32 Å². The van der Waals surface area contributed by atoms with Crippen LogP contribution in [0.1, 0.15) is 18.9 Å². The Morgan fingerprint density at radius 3 is 2.56 bits per heavy atom. The second kappa shape index (κ2) is 9.25. The van der Waals surface area contributed by atoms with Gasteiger partial charge in [-0.1, -0.05) is 65.8 Å². The zero-order chi connectivity index (χ0) is 22.8. The summed E-state index contributed by atoms with van der Waals surface area (Å²) in [6, 6.07) is 17.3. The summed E-state index contributed by atoms with van der Waals surface area (Å²) < 4.78 is 25.5. The highest BCUT2D eigenvalue weighted by atomic mass is 35.5. The van der Waals surface area contributed by atoms with E-state index in [4.69, 9.17) is 11.6 Å². The topological polar surface area (TPSA) is 93.9 Å². The van der Waals surface area contributed by atoms with Crippen LogP contribution in [-0.4, -0.2) is 51.9 Å². The Bertz CT molecular complexity index is 1230. The molecule has 0 radical (unpaired) electrons. The Balaban J connectivity index is 1.54. The van der Waals surface area contributed by atoms with E-state index in [9.17, 15) is 13.2 Å². The molecular formula is C22H23ClN4O3S2. The minimum atomic E-state index is -3.10. The van der Waals surface area contributed by atoms with Crippen molar-refractivity contribution < 1.29 is 13.2 Å². The third kappa shape index (κ3) is 5.33. The van der Waals surface area contributed by atoms with E-state index in [-0.39, 0.29) is 23.2 Å². The number of amides is 1. The molecule has 1 aromatic heterocycles. The van der Waals surface area contributed by atoms with Crippen molar-refractivity contribution in [3.8, 4) is 11.4 Å². The zero-order valence-electron chi connectivity index (χ0n) is 17.5. The van der Waals surface area contributed by atoms with Crippen molar-refractivity contribution in [1.82, 2.24) is 20.1 Å². The number of halogens is 1. The van der Waals surface area contributed by atoms with Crippen LogP contribution in [0.4, 0.5) is 0 Å². The zero-order valence-corrected chi connectivity index (χ0v) is 19.9. The van der Waals surface area contributed by atoms with Crippen LogP contribution in [-0.2, 0) is 21.2 Å². The fourth-order valence-electron chi connectivity index (χ4n) is 3.76. The lowest BCUT2D eigenvalue weighted by molar-refractivity contribution is -0.120. The molecule has 1 saturated heterocycles. The Labute approximate surface area is 196 Å². The summed E-state index contributed by atoms with van der Waals surface area (Å²) in [6.07, 6.45) is 0.423. The monoisotopic (exact) mass is 490 g/mol. The molecule has 1 amide bonds. The van der Waals surface area contributed by atoms with Crippen molar-refractivity contribution in [3.63, 3.8) is 0 Å². The predicted octanol–water partition coefficient (Wildman–Crippen LogP) is 3.43. The number of hydrogen-bond acceptors (Lipinski definition) is 6. The summed E-state index contributed by atoms with van der Waals surface area (Å²) in [4.78, 5) is 12.6. The van der Waals surface area contributed by atoms with Crippen LogP contribution in [0, 0.1) is 0 Å². The van der Waals surface area contributed by atoms with Crippen LogP contribution in [0.25, 0.3) is 11.4 Å². The molecule has 0 saturated carbocycles. The first-order valence-electron chi connectivity index (χ1n) is 10.1. The number of carbonyl (C=O) groups excluding carboxylic acids is 1. The second-order valence-electron chi connectivity index (χ2n) is 8.10. The number of thioether (sulfide) groups is 1. The fraction of sp³-hybridized carbons (Fsp3) is 0.318. The van der Waals surface area contributed by atoms with Crippen LogP contribution in [0.2, 0.25) is 5.02 Å². The lowest BCUT2D eigenvalue weighted by Crippen LogP contribution is -2.47. The maximum atomic E-state index is 12.6. The maximum absolute atomic E-state index is 12.6. The highest BCUT2D eigenvalue weighted by Gasteiger charge is 2.39. The van der Waals surface area contributed by atoms with Gasteiger partial charge >= 0.3 is 0 Å². The Morgan fingerprint density at radius 1 is 1.16 bits per heavy atom. The van der Waals surface area contributed by atoms with E-state index in [1.165, 1.54) is 11.8 Å². The van der Waals surface area contributed by atoms with Crippen LogP contribution in [0.5, 0.6) is 0 Å². The van der Waals surface area contributed by atoms with Gasteiger partial charge in [0.1, 0.15) is 0 Å². The number of nitrogens with one attached hydrogen (secondary N) is 1. The fourth-order valence-corrected chi connectivity index (χ4v) is 6.81. The first kappa shape index (κ1) is 22.8. The smallest absolute Gasteiger partial charge is 0.230 e. The highest BCUT2D eigenvalue weighted by Crippen LogP contribution is 2.30. The van der Waals surface area contributed by atoms with E-state index in [1.807, 2.05) is 53.1 Å². The Hall–Kier alpha value is -2.36. The minimum absolute atomic E-state index is 0.0305. The molecule has 0 aliphatic carbocycles. The van der Waals surface area contributed by atoms with Gasteiger partial charge in [-0.3, -0.25) is 9.36 Å². The molecule has 3 aromatic rings. The molecule has 10 heteroatoms. The van der Waals surface area contributed by atoms with Crippen molar-refractivity contribution >= 4 is 39.1 Å². The van der Waals surface area contributed by atoms with Gasteiger partial charge in [0.15, 0.2) is 20.8 Å². The Morgan fingerprint density at radius 2 is 1.88 bits per heavy atom. The maximum Gasteiger partial charge on any atom is 0.230 e. The lowest BCUT2D eigenvalue weighted by atomic mass is 10.0. The molecule has 7 nitrogen and oxygen atoms in total. The normalized spacial score (nSPS) is 19.7. The number of nitrogens with zero attached hydrogens (tertiary/aromatic N) is 3. The average Bonchev–Trinajstić information content (AvgIpc) is 3.26. The molecule has 1 atom stereocenters. The van der Waals surface area contributed by atoms with Gasteiger partial charge in [-0.2, -0.15) is 0 Å². The Kier molecular flexibility index (Phi) is 6.60. The number of carbonyl (C=O) groups is 1. The molecule has 1 unspecified atom stereocenters. The second-order valence-corrected chi connectivity index (χ2v) is 11.6. The van der Waals surface area contributed by atoms with Gasteiger partial charge in [0.05, 0.1) is 34.4 Å². The number of benzene rings is 2. The molecule has 4 rings (SSSR count). The van der Waals surface area contributed by atoms with Gasteiger partial charge in [0.2, 0.25) is 5.91 Å². The van der Waals surface area contributed by atoms with Gasteiger partial charge in [-0.05, 0) is 31.0 Å². The van der Waals surface area contributed by atoms with Gasteiger partial charge in [0, 0.05) is 5.56 Å². The standard InChI is InChI=1S/C22H23ClN4O3S2/c1-22(11-12-32(29,30)15-22)24-19(28)14-31-21-26-25-20(17-9-5-6-10-18(17)23)27(21)13-16-7-3-2-4-8-16/h2-10H,11-15H2,1H3,(H,24,28). The first-order chi connectivity index (χ1) is 15.2. The van der Waals surface area contributed by atoms with E-state index in [1.54, 1.807) is 13.0 Å². The molecule has 1 fully saturated rings. The molecule has 1 N–H and O–H groups in total. The van der Waals surface area contributed by atoms with Crippen molar-refractivity contribution in [1.29, 1.82) is 0 Å². The molecule has 0 bridgehead atoms. The molecule has 32 heavy (non-hydrogen) atoms. The van der Waals surface area contributed by atoms with E-state index in [0.717, 1.165) is 11.1 Å². The van der Waals surface area contributed by atoms with E-state index in [0.29, 0.717) is 29.0 Å². The summed E-state index contributed by atoms with van der Waals surface area (Å²) in [5, 5.41) is 12.7. The van der Waals surface area contributed by atoms with Gasteiger partial charge in [-0.15, -0.1) is 10.2 Å². The molecule has 1 aliphatic rings. The molecule has 168 valence electrons. The molecule has 2 heterocycles. The van der Waals surface area contributed by atoms with Crippen LogP contribution in [0.15, 0.2) is 59.8 Å². The highest BCUT2D eigenvalue weighted by molar-refractivity contribution is 7.99. The molecule has 1 aliphatic heterocycles. The molecule has 2 aromatic carbocycles. The third-order valence-corrected chi connectivity index (χ3v) is 8.49.